The number of nitrogens with one attached hydrogen (secondary N) is 3. The lowest BCUT2D eigenvalue weighted by Crippen LogP contribution is -2.41. The van der Waals surface area contributed by atoms with E-state index in [0.29, 0.717) is 5.13 Å². The average Bonchev–Trinajstić information content (AvgIpc) is 3.18. The molecule has 0 atom stereocenters. The number of nitrogens with zero attached hydrogens (tertiary/aromatic N) is 3. The van der Waals surface area contributed by atoms with Crippen LogP contribution in [0.1, 0.15) is 16.8 Å². The summed E-state index contributed by atoms with van der Waals surface area (Å²) >= 11 is 1.30. The van der Waals surface area contributed by atoms with Gasteiger partial charge in [0.15, 0.2) is 5.13 Å². The Morgan fingerprint density at radius 2 is 1.93 bits per heavy atom. The SMILES string of the molecule is Cc1ccc(-c2csc(NC(=O)CNc3c(C=N)n(C)c(=O)n(C)c3=O)n2)cc1C. The van der Waals surface area contributed by atoms with Crippen molar-refractivity contribution < 1.29 is 4.79 Å². The van der Waals surface area contributed by atoms with Crippen molar-refractivity contribution in [3.05, 3.63) is 61.2 Å². The molecule has 0 spiro atoms. The average molecular weight is 427 g/mol. The van der Waals surface area contributed by atoms with E-state index in [1.807, 2.05) is 37.4 Å². The van der Waals surface area contributed by atoms with Gasteiger partial charge in [0.1, 0.15) is 5.69 Å². The van der Waals surface area contributed by atoms with E-state index in [1.165, 1.54) is 35.6 Å². The van der Waals surface area contributed by atoms with Crippen molar-refractivity contribution in [2.45, 2.75) is 13.8 Å². The van der Waals surface area contributed by atoms with Crippen LogP contribution in [-0.2, 0) is 18.9 Å². The van der Waals surface area contributed by atoms with Gasteiger partial charge in [-0.1, -0.05) is 12.1 Å². The molecule has 0 saturated carbocycles. The first-order valence-electron chi connectivity index (χ1n) is 9.10. The summed E-state index contributed by atoms with van der Waals surface area (Å²) in [5.41, 5.74) is 3.06. The number of carbonyl (C=O) groups is 1. The highest BCUT2D eigenvalue weighted by molar-refractivity contribution is 7.14. The molecule has 156 valence electrons. The molecular weight excluding hydrogens is 404 g/mol. The van der Waals surface area contributed by atoms with E-state index in [-0.39, 0.29) is 17.9 Å². The molecule has 2 heterocycles. The van der Waals surface area contributed by atoms with Crippen LogP contribution in [0.15, 0.2) is 33.2 Å². The molecule has 1 amide bonds. The normalized spacial score (nSPS) is 10.7. The zero-order valence-electron chi connectivity index (χ0n) is 17.1. The van der Waals surface area contributed by atoms with Crippen molar-refractivity contribution in [1.29, 1.82) is 5.41 Å². The van der Waals surface area contributed by atoms with Gasteiger partial charge in [-0.25, -0.2) is 9.78 Å². The Hall–Kier alpha value is -3.53. The minimum absolute atomic E-state index is 0.0136. The lowest BCUT2D eigenvalue weighted by atomic mass is 10.1. The third-order valence-electron chi connectivity index (χ3n) is 4.83. The summed E-state index contributed by atoms with van der Waals surface area (Å²) in [4.78, 5) is 41.1. The van der Waals surface area contributed by atoms with Gasteiger partial charge in [-0.3, -0.25) is 18.7 Å². The molecule has 30 heavy (non-hydrogen) atoms. The highest BCUT2D eigenvalue weighted by atomic mass is 32.1. The van der Waals surface area contributed by atoms with Gasteiger partial charge in [0.2, 0.25) is 5.91 Å². The van der Waals surface area contributed by atoms with Gasteiger partial charge in [-0.2, -0.15) is 0 Å². The van der Waals surface area contributed by atoms with Gasteiger partial charge < -0.3 is 16.0 Å². The van der Waals surface area contributed by atoms with E-state index in [1.54, 1.807) is 0 Å². The number of thiazole rings is 1. The van der Waals surface area contributed by atoms with E-state index in [9.17, 15) is 14.4 Å². The quantitative estimate of drug-likeness (QED) is 0.520. The third-order valence-corrected chi connectivity index (χ3v) is 5.58. The Kier molecular flexibility index (Phi) is 5.97. The van der Waals surface area contributed by atoms with Gasteiger partial charge >= 0.3 is 5.69 Å². The minimum atomic E-state index is -0.601. The fourth-order valence-electron chi connectivity index (χ4n) is 2.89. The van der Waals surface area contributed by atoms with Gasteiger partial charge in [0.25, 0.3) is 5.56 Å². The van der Waals surface area contributed by atoms with Crippen LogP contribution in [0.5, 0.6) is 0 Å². The molecule has 3 rings (SSSR count). The van der Waals surface area contributed by atoms with Crippen molar-refractivity contribution in [3.8, 4) is 11.3 Å². The van der Waals surface area contributed by atoms with Crippen LogP contribution in [0.2, 0.25) is 0 Å². The molecule has 10 heteroatoms. The van der Waals surface area contributed by atoms with E-state index in [0.717, 1.165) is 27.6 Å². The molecule has 0 bridgehead atoms. The predicted octanol–water partition coefficient (Wildman–Crippen LogP) is 1.87. The van der Waals surface area contributed by atoms with Crippen molar-refractivity contribution in [3.63, 3.8) is 0 Å². The van der Waals surface area contributed by atoms with Crippen LogP contribution < -0.4 is 21.9 Å². The van der Waals surface area contributed by atoms with E-state index >= 15 is 0 Å². The molecule has 0 saturated heterocycles. The zero-order valence-corrected chi connectivity index (χ0v) is 17.9. The Morgan fingerprint density at radius 1 is 1.20 bits per heavy atom. The molecule has 3 N–H and O–H groups in total. The van der Waals surface area contributed by atoms with Crippen LogP contribution in [0.25, 0.3) is 11.3 Å². The van der Waals surface area contributed by atoms with E-state index in [4.69, 9.17) is 5.41 Å². The third kappa shape index (κ3) is 4.08. The molecule has 0 aliphatic carbocycles. The van der Waals surface area contributed by atoms with Gasteiger partial charge in [-0.15, -0.1) is 11.3 Å². The number of carbonyl (C=O) groups excluding carboxylic acids is 1. The number of anilines is 2. The Morgan fingerprint density at radius 3 is 2.60 bits per heavy atom. The molecule has 0 aliphatic heterocycles. The standard InChI is InChI=1S/C20H22N6O3S/c1-11-5-6-13(7-12(11)2)14-10-30-19(23-14)24-16(27)9-22-17-15(8-21)25(3)20(29)26(4)18(17)28/h5-8,10,21-22H,9H2,1-4H3,(H,23,24,27). The summed E-state index contributed by atoms with van der Waals surface area (Å²) in [6, 6.07) is 6.06. The van der Waals surface area contributed by atoms with Crippen LogP contribution >= 0.6 is 11.3 Å². The first-order valence-corrected chi connectivity index (χ1v) is 9.98. The van der Waals surface area contributed by atoms with Crippen LogP contribution in [0.4, 0.5) is 10.8 Å². The summed E-state index contributed by atoms with van der Waals surface area (Å²) < 4.78 is 2.09. The Balaban J connectivity index is 1.73. The molecule has 0 aliphatic rings. The lowest BCUT2D eigenvalue weighted by Gasteiger charge is -2.13. The predicted molar refractivity (Wildman–Crippen MR) is 119 cm³/mol. The molecule has 0 unspecified atom stereocenters. The highest BCUT2D eigenvalue weighted by Crippen LogP contribution is 2.26. The van der Waals surface area contributed by atoms with Gasteiger partial charge in [-0.05, 0) is 31.0 Å². The molecule has 2 aromatic heterocycles. The molecule has 0 radical (unpaired) electrons. The second-order valence-corrected chi connectivity index (χ2v) is 7.71. The molecule has 0 fully saturated rings. The summed E-state index contributed by atoms with van der Waals surface area (Å²) in [6.07, 6.45) is 0.902. The summed E-state index contributed by atoms with van der Waals surface area (Å²) in [7, 11) is 2.80. The fraction of sp³-hybridized carbons (Fsp3) is 0.250. The largest absolute Gasteiger partial charge is 0.370 e. The number of hydrogen-bond acceptors (Lipinski definition) is 7. The monoisotopic (exact) mass is 426 g/mol. The Bertz CT molecular complexity index is 1250. The van der Waals surface area contributed by atoms with Crippen LogP contribution in [0, 0.1) is 19.3 Å². The van der Waals surface area contributed by atoms with Crippen LogP contribution in [-0.4, -0.2) is 32.8 Å². The lowest BCUT2D eigenvalue weighted by molar-refractivity contribution is -0.114. The molecule has 3 aromatic rings. The van der Waals surface area contributed by atoms with E-state index < -0.39 is 17.2 Å². The second-order valence-electron chi connectivity index (χ2n) is 6.85. The molecule has 1 aromatic carbocycles. The first kappa shape index (κ1) is 21.2. The second kappa shape index (κ2) is 8.46. The fourth-order valence-corrected chi connectivity index (χ4v) is 3.63. The maximum atomic E-state index is 12.3. The highest BCUT2D eigenvalue weighted by Gasteiger charge is 2.15. The Labute approximate surface area is 176 Å². The summed E-state index contributed by atoms with van der Waals surface area (Å²) in [5.74, 6) is -0.400. The first-order chi connectivity index (χ1) is 14.2. The summed E-state index contributed by atoms with van der Waals surface area (Å²) in [6.45, 7) is 3.86. The number of hydrogen-bond donors (Lipinski definition) is 3. The topological polar surface area (TPSA) is 122 Å². The van der Waals surface area contributed by atoms with Crippen molar-refractivity contribution in [2.75, 3.05) is 17.2 Å². The van der Waals surface area contributed by atoms with Gasteiger partial charge in [0.05, 0.1) is 17.9 Å². The number of amides is 1. The van der Waals surface area contributed by atoms with Crippen molar-refractivity contribution >= 4 is 34.3 Å². The summed E-state index contributed by atoms with van der Waals surface area (Å²) in [5, 5.41) is 15.2. The van der Waals surface area contributed by atoms with E-state index in [2.05, 4.69) is 15.6 Å². The van der Waals surface area contributed by atoms with Crippen LogP contribution in [0.3, 0.4) is 0 Å². The number of aromatic nitrogens is 3. The van der Waals surface area contributed by atoms with Crippen molar-refractivity contribution in [2.24, 2.45) is 14.1 Å². The number of rotatable bonds is 6. The van der Waals surface area contributed by atoms with Gasteiger partial charge in [0, 0.05) is 31.3 Å². The minimum Gasteiger partial charge on any atom is -0.370 e. The maximum absolute atomic E-state index is 12.3. The van der Waals surface area contributed by atoms with Crippen molar-refractivity contribution in [1.82, 2.24) is 14.1 Å². The maximum Gasteiger partial charge on any atom is 0.331 e. The number of benzene rings is 1. The smallest absolute Gasteiger partial charge is 0.331 e. The molecule has 9 nitrogen and oxygen atoms in total. The number of aryl methyl sites for hydroxylation is 2. The molecular formula is C20H22N6O3S. The zero-order chi connectivity index (χ0) is 22.0.